The van der Waals surface area contributed by atoms with Gasteiger partial charge >= 0.3 is 12.1 Å². The molecule has 0 aliphatic rings. The number of benzene rings is 3. The van der Waals surface area contributed by atoms with E-state index < -0.39 is 12.1 Å². The van der Waals surface area contributed by atoms with Crippen molar-refractivity contribution in [1.29, 1.82) is 0 Å². The van der Waals surface area contributed by atoms with Crippen LogP contribution in [0.5, 0.6) is 0 Å². The Labute approximate surface area is 216 Å². The summed E-state index contributed by atoms with van der Waals surface area (Å²) < 4.78 is 12.1. The first kappa shape index (κ1) is 24.8. The summed E-state index contributed by atoms with van der Waals surface area (Å²) in [6.07, 6.45) is -0.667. The quantitative estimate of drug-likeness (QED) is 0.148. The van der Waals surface area contributed by atoms with E-state index in [1.54, 1.807) is 36.4 Å². The third-order valence-electron chi connectivity index (χ3n) is 6.30. The molecule has 5 rings (SSSR count). The Kier molecular flexibility index (Phi) is 6.66. The second kappa shape index (κ2) is 10.2. The van der Waals surface area contributed by atoms with Crippen LogP contribution in [0.2, 0.25) is 0 Å². The summed E-state index contributed by atoms with van der Waals surface area (Å²) in [5.41, 5.74) is 2.49. The normalized spacial score (nSPS) is 11.2. The number of pyridine rings is 2. The number of para-hydroxylation sites is 2. The number of fused-ring (bicyclic) bond motifs is 4. The molecule has 0 saturated carbocycles. The molecule has 0 unspecified atom stereocenters. The van der Waals surface area contributed by atoms with Gasteiger partial charge in [-0.1, -0.05) is 30.8 Å². The van der Waals surface area contributed by atoms with Gasteiger partial charge in [0.1, 0.15) is 13.2 Å². The summed E-state index contributed by atoms with van der Waals surface area (Å²) in [5, 5.41) is 4.51. The Bertz CT molecular complexity index is 1870. The first-order valence-corrected chi connectivity index (χ1v) is 12.1. The van der Waals surface area contributed by atoms with E-state index in [9.17, 15) is 19.2 Å². The largest absolute Gasteiger partial charge is 0.460 e. The third kappa shape index (κ3) is 4.61. The number of carbonyl (C=O) groups is 2. The predicted octanol–water partition coefficient (Wildman–Crippen LogP) is 3.99. The van der Waals surface area contributed by atoms with E-state index in [0.29, 0.717) is 43.6 Å². The van der Waals surface area contributed by atoms with Crippen LogP contribution in [0.1, 0.15) is 6.92 Å². The van der Waals surface area contributed by atoms with Gasteiger partial charge < -0.3 is 24.3 Å². The monoisotopic (exact) mass is 511 g/mol. The van der Waals surface area contributed by atoms with Crippen LogP contribution in [0.25, 0.3) is 43.6 Å². The van der Waals surface area contributed by atoms with Crippen molar-refractivity contribution in [2.45, 2.75) is 13.5 Å². The molecule has 0 aliphatic heterocycles. The molecule has 0 bridgehead atoms. The molecule has 2 heterocycles. The number of nitrogens with zero attached hydrogens (tertiary/aromatic N) is 1. The summed E-state index contributed by atoms with van der Waals surface area (Å²) in [5.74, 6) is -0.531. The molecular weight excluding hydrogens is 486 g/mol. The number of ether oxygens (including phenoxy) is 2. The van der Waals surface area contributed by atoms with E-state index in [4.69, 9.17) is 9.47 Å². The molecule has 1 amide bonds. The highest BCUT2D eigenvalue weighted by atomic mass is 16.6. The molecule has 0 saturated heterocycles. The maximum absolute atomic E-state index is 13.4. The summed E-state index contributed by atoms with van der Waals surface area (Å²) >= 11 is 0. The number of hydrogen-bond acceptors (Lipinski definition) is 6. The minimum absolute atomic E-state index is 0.00542. The number of aromatic nitrogens is 2. The highest BCUT2D eigenvalue weighted by Gasteiger charge is 2.15. The Morgan fingerprint density at radius 3 is 2.34 bits per heavy atom. The number of alkyl carbamates (subject to hydrolysis) is 1. The Morgan fingerprint density at radius 1 is 0.842 bits per heavy atom. The summed E-state index contributed by atoms with van der Waals surface area (Å²) in [7, 11) is 0. The standard InChI is InChI=1S/C29H25N3O6/c1-17(2)28(35)37-13-11-30-29(36)38-14-12-32-24-10-6-4-8-19(24)27(34)21-15-23-20(16-25(21)32)26(33)18-7-3-5-9-22(18)31-23/h3-10,15-16H,1,11-14H2,2H3,(H,30,36)(H,31,33). The molecule has 0 radical (unpaired) electrons. The lowest BCUT2D eigenvalue weighted by Crippen LogP contribution is -2.29. The first-order chi connectivity index (χ1) is 18.3. The van der Waals surface area contributed by atoms with E-state index in [-0.39, 0.29) is 42.7 Å². The number of H-pyrrole nitrogens is 1. The molecule has 0 atom stereocenters. The first-order valence-electron chi connectivity index (χ1n) is 12.1. The summed E-state index contributed by atoms with van der Waals surface area (Å²) in [6, 6.07) is 17.9. The number of hydrogen-bond donors (Lipinski definition) is 2. The number of carbonyl (C=O) groups excluding carboxylic acids is 2. The number of aromatic amines is 1. The molecule has 9 nitrogen and oxygen atoms in total. The third-order valence-corrected chi connectivity index (χ3v) is 6.30. The van der Waals surface area contributed by atoms with Crippen LogP contribution in [0.15, 0.2) is 82.4 Å². The van der Waals surface area contributed by atoms with Crippen molar-refractivity contribution in [3.05, 3.63) is 93.3 Å². The van der Waals surface area contributed by atoms with Gasteiger partial charge in [0.05, 0.1) is 29.6 Å². The van der Waals surface area contributed by atoms with Gasteiger partial charge in [0.25, 0.3) is 0 Å². The Morgan fingerprint density at radius 2 is 1.55 bits per heavy atom. The van der Waals surface area contributed by atoms with Gasteiger partial charge in [0.15, 0.2) is 10.9 Å². The highest BCUT2D eigenvalue weighted by Crippen LogP contribution is 2.24. The molecule has 9 heteroatoms. The van der Waals surface area contributed by atoms with Crippen molar-refractivity contribution in [3.8, 4) is 0 Å². The Balaban J connectivity index is 1.47. The van der Waals surface area contributed by atoms with Crippen LogP contribution in [0, 0.1) is 0 Å². The van der Waals surface area contributed by atoms with Crippen LogP contribution < -0.4 is 16.2 Å². The minimum Gasteiger partial charge on any atom is -0.460 e. The Hall–Kier alpha value is -4.92. The van der Waals surface area contributed by atoms with E-state index in [1.807, 2.05) is 28.8 Å². The van der Waals surface area contributed by atoms with Crippen LogP contribution in [-0.2, 0) is 20.8 Å². The topological polar surface area (TPSA) is 119 Å². The number of esters is 1. The second-order valence-corrected chi connectivity index (χ2v) is 8.89. The number of rotatable bonds is 7. The van der Waals surface area contributed by atoms with Crippen molar-refractivity contribution >= 4 is 55.7 Å². The lowest BCUT2D eigenvalue weighted by molar-refractivity contribution is -0.138. The molecule has 0 fully saturated rings. The molecule has 38 heavy (non-hydrogen) atoms. The summed E-state index contributed by atoms with van der Waals surface area (Å²) in [4.78, 5) is 53.5. The zero-order valence-electron chi connectivity index (χ0n) is 20.7. The number of amides is 1. The van der Waals surface area contributed by atoms with Gasteiger partial charge in [0, 0.05) is 32.6 Å². The van der Waals surface area contributed by atoms with Gasteiger partial charge in [-0.2, -0.15) is 0 Å². The van der Waals surface area contributed by atoms with Crippen molar-refractivity contribution in [2.24, 2.45) is 0 Å². The van der Waals surface area contributed by atoms with Crippen LogP contribution >= 0.6 is 0 Å². The van der Waals surface area contributed by atoms with E-state index in [2.05, 4.69) is 16.9 Å². The van der Waals surface area contributed by atoms with Gasteiger partial charge in [-0.3, -0.25) is 9.59 Å². The second-order valence-electron chi connectivity index (χ2n) is 8.89. The van der Waals surface area contributed by atoms with Crippen LogP contribution in [0.4, 0.5) is 4.79 Å². The predicted molar refractivity (Wildman–Crippen MR) is 146 cm³/mol. The average molecular weight is 512 g/mol. The average Bonchev–Trinajstić information content (AvgIpc) is 2.92. The smallest absolute Gasteiger partial charge is 0.407 e. The van der Waals surface area contributed by atoms with Crippen molar-refractivity contribution < 1.29 is 19.1 Å². The molecular formula is C29H25N3O6. The fourth-order valence-electron chi connectivity index (χ4n) is 4.48. The fourth-order valence-corrected chi connectivity index (χ4v) is 4.48. The number of nitrogens with one attached hydrogen (secondary N) is 2. The van der Waals surface area contributed by atoms with Crippen molar-refractivity contribution in [3.63, 3.8) is 0 Å². The van der Waals surface area contributed by atoms with E-state index in [1.165, 1.54) is 6.92 Å². The van der Waals surface area contributed by atoms with Crippen molar-refractivity contribution in [1.82, 2.24) is 14.9 Å². The molecule has 192 valence electrons. The van der Waals surface area contributed by atoms with Gasteiger partial charge in [-0.15, -0.1) is 0 Å². The SMILES string of the molecule is C=C(C)C(=O)OCCNC(=O)OCCn1c2ccccc2c(=O)c2cc3[nH]c4ccccc4c(=O)c3cc21. The molecule has 2 N–H and O–H groups in total. The summed E-state index contributed by atoms with van der Waals surface area (Å²) in [6.45, 7) is 5.36. The maximum Gasteiger partial charge on any atom is 0.407 e. The van der Waals surface area contributed by atoms with Gasteiger partial charge in [-0.25, -0.2) is 9.59 Å². The van der Waals surface area contributed by atoms with Gasteiger partial charge in [0.2, 0.25) is 0 Å². The molecule has 2 aromatic heterocycles. The molecule has 5 aromatic rings. The molecule has 0 aliphatic carbocycles. The highest BCUT2D eigenvalue weighted by molar-refractivity contribution is 6.03. The molecule has 0 spiro atoms. The van der Waals surface area contributed by atoms with Crippen LogP contribution in [0.3, 0.4) is 0 Å². The fraction of sp³-hybridized carbons (Fsp3) is 0.172. The zero-order chi connectivity index (χ0) is 26.8. The van der Waals surface area contributed by atoms with E-state index in [0.717, 1.165) is 0 Å². The lowest BCUT2D eigenvalue weighted by atomic mass is 10.0. The molecule has 3 aromatic carbocycles. The van der Waals surface area contributed by atoms with E-state index >= 15 is 0 Å². The minimum atomic E-state index is -0.667. The van der Waals surface area contributed by atoms with Crippen molar-refractivity contribution in [2.75, 3.05) is 19.8 Å². The maximum atomic E-state index is 13.4. The zero-order valence-corrected chi connectivity index (χ0v) is 20.7. The van der Waals surface area contributed by atoms with Gasteiger partial charge in [-0.05, 0) is 43.3 Å². The van der Waals surface area contributed by atoms with Crippen LogP contribution in [-0.4, -0.2) is 41.4 Å². The lowest BCUT2D eigenvalue weighted by Gasteiger charge is -2.16.